The molecule has 0 aliphatic heterocycles. The third kappa shape index (κ3) is 31.0. The van der Waals surface area contributed by atoms with Gasteiger partial charge in [0, 0.05) is 25.2 Å². The van der Waals surface area contributed by atoms with Gasteiger partial charge >= 0.3 is 19.8 Å². The number of phosphoric acid groups is 1. The normalized spacial score (nSPS) is 20.6. The Morgan fingerprint density at radius 2 is 1.29 bits per heavy atom. The van der Waals surface area contributed by atoms with Crippen molar-refractivity contribution in [3.05, 3.63) is 24.3 Å². The maximum absolute atomic E-state index is 12.8. The number of carbonyl (C=O) groups excluding carboxylic acids is 2. The summed E-state index contributed by atoms with van der Waals surface area (Å²) in [5.74, 6) is -1.23. The van der Waals surface area contributed by atoms with Crippen molar-refractivity contribution < 1.29 is 57.4 Å². The van der Waals surface area contributed by atoms with Gasteiger partial charge < -0.3 is 34.2 Å². The van der Waals surface area contributed by atoms with Crippen molar-refractivity contribution in [3.8, 4) is 0 Å². The molecule has 0 saturated heterocycles. The SMILES string of the molecule is CCCCCC/C=C\CCCCCCCCCC(=O)OC[C@H](COP(=O)(O)OCC[N+](C)(C)C)OC(=O)CCCCCC[C@@H]1[C@@H](/C=C/[C@@H](O)CCCCC)[C@H](O)C[C@@H]1O. The van der Waals surface area contributed by atoms with E-state index in [2.05, 4.69) is 26.0 Å². The van der Waals surface area contributed by atoms with Gasteiger partial charge in [0.05, 0.1) is 46.1 Å². The molecular formula is C46H87NO11P+. The number of esters is 2. The molecule has 1 aliphatic rings. The second-order valence-electron chi connectivity index (χ2n) is 17.8. The Morgan fingerprint density at radius 1 is 0.729 bits per heavy atom. The zero-order chi connectivity index (χ0) is 43.8. The van der Waals surface area contributed by atoms with Crippen LogP contribution in [0.5, 0.6) is 0 Å². The van der Waals surface area contributed by atoms with Crippen molar-refractivity contribution in [2.75, 3.05) is 47.5 Å². The lowest BCUT2D eigenvalue weighted by Gasteiger charge is -2.24. The first-order valence-corrected chi connectivity index (χ1v) is 24.8. The van der Waals surface area contributed by atoms with Crippen LogP contribution in [-0.2, 0) is 32.7 Å². The molecule has 0 heterocycles. The fourth-order valence-electron chi connectivity index (χ4n) is 7.34. The molecule has 0 bridgehead atoms. The molecule has 0 spiro atoms. The number of aliphatic hydroxyl groups excluding tert-OH is 3. The molecule has 0 amide bonds. The Labute approximate surface area is 358 Å². The number of aliphatic hydroxyl groups is 3. The van der Waals surface area contributed by atoms with E-state index in [-0.39, 0.29) is 37.9 Å². The number of likely N-dealkylation sites (N-methyl/N-ethyl adjacent to an activating group) is 1. The van der Waals surface area contributed by atoms with Crippen molar-refractivity contribution in [3.63, 3.8) is 0 Å². The van der Waals surface area contributed by atoms with Crippen molar-refractivity contribution in [1.29, 1.82) is 0 Å². The van der Waals surface area contributed by atoms with Crippen molar-refractivity contribution in [1.82, 2.24) is 0 Å². The minimum Gasteiger partial charge on any atom is -0.462 e. The van der Waals surface area contributed by atoms with E-state index < -0.39 is 50.8 Å². The summed E-state index contributed by atoms with van der Waals surface area (Å²) in [6.45, 7) is 4.07. The summed E-state index contributed by atoms with van der Waals surface area (Å²) < 4.78 is 34.3. The minimum absolute atomic E-state index is 0.00673. The highest BCUT2D eigenvalue weighted by atomic mass is 31.2. The summed E-state index contributed by atoms with van der Waals surface area (Å²) in [4.78, 5) is 35.6. The zero-order valence-electron chi connectivity index (χ0n) is 37.8. The molecule has 13 heteroatoms. The third-order valence-electron chi connectivity index (χ3n) is 11.1. The van der Waals surface area contributed by atoms with Crippen LogP contribution in [0.25, 0.3) is 0 Å². The number of nitrogens with zero attached hydrogens (tertiary/aromatic N) is 1. The topological polar surface area (TPSA) is 169 Å². The van der Waals surface area contributed by atoms with E-state index in [0.29, 0.717) is 36.7 Å². The van der Waals surface area contributed by atoms with Gasteiger partial charge in [0.25, 0.3) is 0 Å². The highest BCUT2D eigenvalue weighted by molar-refractivity contribution is 7.47. The van der Waals surface area contributed by atoms with Crippen LogP contribution in [0, 0.1) is 11.8 Å². The lowest BCUT2D eigenvalue weighted by Crippen LogP contribution is -2.37. The molecule has 0 aromatic heterocycles. The van der Waals surface area contributed by atoms with Crippen molar-refractivity contribution in [2.45, 2.75) is 199 Å². The maximum Gasteiger partial charge on any atom is 0.472 e. The summed E-state index contributed by atoms with van der Waals surface area (Å²) in [6, 6.07) is 0. The fourth-order valence-corrected chi connectivity index (χ4v) is 8.08. The average Bonchev–Trinajstić information content (AvgIpc) is 3.44. The highest BCUT2D eigenvalue weighted by Gasteiger charge is 2.39. The summed E-state index contributed by atoms with van der Waals surface area (Å²) in [5, 5.41) is 31.5. The van der Waals surface area contributed by atoms with Gasteiger partial charge in [0.1, 0.15) is 19.8 Å². The number of phosphoric ester groups is 1. The maximum atomic E-state index is 12.8. The molecule has 0 aromatic rings. The van der Waals surface area contributed by atoms with E-state index in [9.17, 15) is 34.4 Å². The van der Waals surface area contributed by atoms with Gasteiger partial charge in [-0.15, -0.1) is 0 Å². The number of rotatable bonds is 38. The summed E-state index contributed by atoms with van der Waals surface area (Å²) in [6.07, 6.45) is 28.5. The van der Waals surface area contributed by atoms with Crippen LogP contribution in [0.1, 0.15) is 174 Å². The molecule has 12 nitrogen and oxygen atoms in total. The second-order valence-corrected chi connectivity index (χ2v) is 19.2. The van der Waals surface area contributed by atoms with Crippen molar-refractivity contribution in [2.24, 2.45) is 11.8 Å². The number of unbranched alkanes of at least 4 members (excludes halogenated alkanes) is 16. The van der Waals surface area contributed by atoms with Crippen molar-refractivity contribution >= 4 is 19.8 Å². The molecule has 1 unspecified atom stereocenters. The van der Waals surface area contributed by atoms with Crippen LogP contribution < -0.4 is 0 Å². The molecule has 0 radical (unpaired) electrons. The average molecular weight is 861 g/mol. The fraction of sp³-hybridized carbons (Fsp3) is 0.870. The highest BCUT2D eigenvalue weighted by Crippen LogP contribution is 2.43. The Morgan fingerprint density at radius 3 is 1.92 bits per heavy atom. The molecule has 1 aliphatic carbocycles. The molecule has 1 fully saturated rings. The van der Waals surface area contributed by atoms with Crippen LogP contribution in [-0.4, -0.2) is 109 Å². The van der Waals surface area contributed by atoms with E-state index in [0.717, 1.165) is 70.6 Å². The predicted molar refractivity (Wildman–Crippen MR) is 236 cm³/mol. The largest absolute Gasteiger partial charge is 0.472 e. The Kier molecular flexibility index (Phi) is 31.9. The van der Waals surface area contributed by atoms with E-state index in [4.69, 9.17) is 18.5 Å². The molecular weight excluding hydrogens is 773 g/mol. The lowest BCUT2D eigenvalue weighted by atomic mass is 9.88. The Bertz CT molecular complexity index is 1180. The first-order chi connectivity index (χ1) is 28.2. The van der Waals surface area contributed by atoms with Gasteiger partial charge in [-0.1, -0.05) is 128 Å². The van der Waals surface area contributed by atoms with Gasteiger partial charge in [0.2, 0.25) is 0 Å². The number of ether oxygens (including phenoxy) is 2. The number of quaternary nitrogens is 1. The first kappa shape index (κ1) is 55.4. The zero-order valence-corrected chi connectivity index (χ0v) is 38.7. The number of allylic oxidation sites excluding steroid dienone is 2. The Hall–Kier alpha value is -1.63. The number of hydrogen-bond acceptors (Lipinski definition) is 10. The second kappa shape index (κ2) is 33.9. The first-order valence-electron chi connectivity index (χ1n) is 23.3. The molecule has 0 aromatic carbocycles. The molecule has 7 atom stereocenters. The van der Waals surface area contributed by atoms with Gasteiger partial charge in [-0.3, -0.25) is 18.6 Å². The standard InChI is InChI=1S/C46H86NO11P/c1-6-8-10-11-12-13-14-15-16-17-18-19-20-21-26-30-45(51)55-37-40(38-57-59(53,54)56-35-34-47(3,4)5)58-46(52)31-27-23-22-25-29-41-42(44(50)36-43(41)49)33-32-39(48)28-24-9-7-2/h13-14,32-33,39-44,48-50H,6-12,15-31,34-38H2,1-5H3/p+1/b14-13-,33-32+/t39-,40+,41+,42+,43-,44+/m0/s1. The van der Waals surface area contributed by atoms with Gasteiger partial charge in [0.15, 0.2) is 6.10 Å². The lowest BCUT2D eigenvalue weighted by molar-refractivity contribution is -0.870. The molecule has 1 rings (SSSR count). The molecule has 59 heavy (non-hydrogen) atoms. The summed E-state index contributed by atoms with van der Waals surface area (Å²) in [7, 11) is 1.35. The van der Waals surface area contributed by atoms with Gasteiger partial charge in [-0.25, -0.2) is 4.57 Å². The van der Waals surface area contributed by atoms with E-state index in [1.807, 2.05) is 27.2 Å². The summed E-state index contributed by atoms with van der Waals surface area (Å²) >= 11 is 0. The minimum atomic E-state index is -4.44. The van der Waals surface area contributed by atoms with E-state index in [1.54, 1.807) is 6.08 Å². The smallest absolute Gasteiger partial charge is 0.462 e. The van der Waals surface area contributed by atoms with E-state index in [1.165, 1.54) is 51.4 Å². The third-order valence-corrected chi connectivity index (χ3v) is 12.0. The number of carbonyl (C=O) groups is 2. The van der Waals surface area contributed by atoms with Gasteiger partial charge in [-0.2, -0.15) is 0 Å². The summed E-state index contributed by atoms with van der Waals surface area (Å²) in [5.41, 5.74) is 0. The van der Waals surface area contributed by atoms with Crippen LogP contribution in [0.15, 0.2) is 24.3 Å². The molecule has 346 valence electrons. The monoisotopic (exact) mass is 861 g/mol. The quantitative estimate of drug-likeness (QED) is 0.0153. The van der Waals surface area contributed by atoms with Gasteiger partial charge in [-0.05, 0) is 57.3 Å². The van der Waals surface area contributed by atoms with Crippen LogP contribution >= 0.6 is 7.82 Å². The molecule has 1 saturated carbocycles. The van der Waals surface area contributed by atoms with E-state index >= 15 is 0 Å². The van der Waals surface area contributed by atoms with Crippen LogP contribution in [0.2, 0.25) is 0 Å². The van der Waals surface area contributed by atoms with Crippen LogP contribution in [0.3, 0.4) is 0 Å². The van der Waals surface area contributed by atoms with Crippen LogP contribution in [0.4, 0.5) is 0 Å². The predicted octanol–water partition coefficient (Wildman–Crippen LogP) is 9.51. The molecule has 4 N–H and O–H groups in total. The Balaban J connectivity index is 2.46. The number of hydrogen-bond donors (Lipinski definition) is 4.